The molecular weight excluding hydrogens is 414 g/mol. The van der Waals surface area contributed by atoms with Gasteiger partial charge in [0.05, 0.1) is 6.20 Å². The van der Waals surface area contributed by atoms with Crippen LogP contribution in [0, 0.1) is 0 Å². The number of pyridine rings is 1. The first-order chi connectivity index (χ1) is 16.2. The first-order valence-corrected chi connectivity index (χ1v) is 11.6. The molecule has 0 unspecified atom stereocenters. The van der Waals surface area contributed by atoms with Gasteiger partial charge < -0.3 is 15.0 Å². The van der Waals surface area contributed by atoms with E-state index in [1.54, 1.807) is 12.4 Å². The van der Waals surface area contributed by atoms with Crippen LogP contribution >= 0.6 is 0 Å². The number of hydrogen-bond donors (Lipinski definition) is 1. The average Bonchev–Trinajstić information content (AvgIpc) is 3.22. The number of nitrogens with zero attached hydrogens (tertiary/aromatic N) is 6. The molecule has 2 N–H and O–H groups in total. The molecule has 0 saturated carbocycles. The highest BCUT2D eigenvalue weighted by Crippen LogP contribution is 2.33. The number of nitrogens with two attached hydrogens (primary N) is 1. The first kappa shape index (κ1) is 21.3. The molecule has 33 heavy (non-hydrogen) atoms. The van der Waals surface area contributed by atoms with Crippen molar-refractivity contribution < 1.29 is 4.74 Å². The van der Waals surface area contributed by atoms with Gasteiger partial charge in [-0.15, -0.1) is 0 Å². The van der Waals surface area contributed by atoms with Gasteiger partial charge in [-0.3, -0.25) is 9.88 Å². The maximum Gasteiger partial charge on any atom is 0.222 e. The van der Waals surface area contributed by atoms with Crippen LogP contribution in [0.5, 0.6) is 5.75 Å². The molecule has 0 aliphatic carbocycles. The molecule has 1 fully saturated rings. The number of ether oxygens (including phenoxy) is 1. The molecule has 3 aromatic heterocycles. The molecule has 170 valence electrons. The van der Waals surface area contributed by atoms with Crippen molar-refractivity contribution in [3.63, 3.8) is 0 Å². The Hall–Kier alpha value is -3.52. The van der Waals surface area contributed by atoms with E-state index in [0.29, 0.717) is 13.2 Å². The third kappa shape index (κ3) is 4.52. The Morgan fingerprint density at radius 2 is 1.79 bits per heavy atom. The van der Waals surface area contributed by atoms with E-state index in [9.17, 15) is 0 Å². The maximum absolute atomic E-state index is 6.00. The van der Waals surface area contributed by atoms with Gasteiger partial charge in [0.1, 0.15) is 23.7 Å². The third-order valence-corrected chi connectivity index (χ3v) is 6.17. The lowest BCUT2D eigenvalue weighted by Gasteiger charge is -2.26. The van der Waals surface area contributed by atoms with Crippen molar-refractivity contribution in [2.45, 2.75) is 32.7 Å². The van der Waals surface area contributed by atoms with Crippen molar-refractivity contribution >= 4 is 17.1 Å². The first-order valence-electron chi connectivity index (χ1n) is 11.6. The minimum atomic E-state index is 0.245. The normalized spacial score (nSPS) is 14.6. The lowest BCUT2D eigenvalue weighted by molar-refractivity contribution is 0.183. The number of piperidine rings is 1. The van der Waals surface area contributed by atoms with Crippen LogP contribution in [0.2, 0.25) is 0 Å². The van der Waals surface area contributed by atoms with E-state index in [4.69, 9.17) is 15.5 Å². The standard InChI is InChI=1S/C25H29N7O/c1-2-32-23(29-22-17-28-25(26)30-24(22)32)20-10-11-27-16-21(20)18-6-8-19(9-7-18)33-15-14-31-12-4-3-5-13-31/h6-11,16-17H,2-5,12-15H2,1H3,(H2,26,28,30). The van der Waals surface area contributed by atoms with E-state index in [2.05, 4.69) is 43.5 Å². The summed E-state index contributed by atoms with van der Waals surface area (Å²) in [6, 6.07) is 10.2. The Balaban J connectivity index is 1.38. The predicted molar refractivity (Wildman–Crippen MR) is 130 cm³/mol. The molecule has 0 spiro atoms. The summed E-state index contributed by atoms with van der Waals surface area (Å²) in [5, 5.41) is 0. The van der Waals surface area contributed by atoms with Crippen LogP contribution in [0.4, 0.5) is 5.95 Å². The van der Waals surface area contributed by atoms with Gasteiger partial charge in [-0.1, -0.05) is 18.6 Å². The monoisotopic (exact) mass is 443 g/mol. The molecule has 5 rings (SSSR count). The van der Waals surface area contributed by atoms with E-state index < -0.39 is 0 Å². The second kappa shape index (κ2) is 9.54. The number of aromatic nitrogens is 5. The summed E-state index contributed by atoms with van der Waals surface area (Å²) < 4.78 is 8.06. The van der Waals surface area contributed by atoms with Crippen LogP contribution in [0.25, 0.3) is 33.7 Å². The molecule has 4 heterocycles. The molecule has 1 aliphatic rings. The number of anilines is 1. The molecular formula is C25H29N7O. The molecule has 1 aromatic carbocycles. The van der Waals surface area contributed by atoms with Crippen LogP contribution in [-0.4, -0.2) is 55.6 Å². The van der Waals surface area contributed by atoms with Crippen molar-refractivity contribution in [2.75, 3.05) is 32.0 Å². The number of rotatable bonds is 7. The van der Waals surface area contributed by atoms with Gasteiger partial charge in [0.15, 0.2) is 5.65 Å². The number of fused-ring (bicyclic) bond motifs is 1. The molecule has 0 radical (unpaired) electrons. The van der Waals surface area contributed by atoms with E-state index in [-0.39, 0.29) is 5.95 Å². The number of nitrogen functional groups attached to an aromatic ring is 1. The highest BCUT2D eigenvalue weighted by Gasteiger charge is 2.17. The topological polar surface area (TPSA) is 95.0 Å². The molecule has 8 heteroatoms. The lowest BCUT2D eigenvalue weighted by Crippen LogP contribution is -2.33. The van der Waals surface area contributed by atoms with Gasteiger partial charge in [0.25, 0.3) is 0 Å². The minimum absolute atomic E-state index is 0.245. The van der Waals surface area contributed by atoms with Crippen molar-refractivity contribution in [1.29, 1.82) is 0 Å². The zero-order chi connectivity index (χ0) is 22.6. The fourth-order valence-electron chi connectivity index (χ4n) is 4.46. The van der Waals surface area contributed by atoms with Crippen molar-refractivity contribution in [2.24, 2.45) is 0 Å². The Labute approximate surface area is 193 Å². The molecule has 0 amide bonds. The predicted octanol–water partition coefficient (Wildman–Crippen LogP) is 4.02. The van der Waals surface area contributed by atoms with Gasteiger partial charge in [-0.25, -0.2) is 9.97 Å². The summed E-state index contributed by atoms with van der Waals surface area (Å²) in [6.07, 6.45) is 9.29. The summed E-state index contributed by atoms with van der Waals surface area (Å²) in [5.74, 6) is 1.95. The molecule has 1 aliphatic heterocycles. The largest absolute Gasteiger partial charge is 0.492 e. The highest BCUT2D eigenvalue weighted by atomic mass is 16.5. The Morgan fingerprint density at radius 1 is 0.970 bits per heavy atom. The van der Waals surface area contributed by atoms with Crippen molar-refractivity contribution in [3.8, 4) is 28.3 Å². The molecule has 4 aromatic rings. The van der Waals surface area contributed by atoms with E-state index in [1.807, 2.05) is 24.4 Å². The van der Waals surface area contributed by atoms with Crippen LogP contribution in [0.1, 0.15) is 26.2 Å². The van der Waals surface area contributed by atoms with E-state index in [0.717, 1.165) is 46.0 Å². The highest BCUT2D eigenvalue weighted by molar-refractivity contribution is 5.85. The molecule has 1 saturated heterocycles. The maximum atomic E-state index is 6.00. The zero-order valence-electron chi connectivity index (χ0n) is 18.9. The van der Waals surface area contributed by atoms with Crippen LogP contribution in [0.3, 0.4) is 0 Å². The molecule has 8 nitrogen and oxygen atoms in total. The second-order valence-corrected chi connectivity index (χ2v) is 8.31. The minimum Gasteiger partial charge on any atom is -0.492 e. The summed E-state index contributed by atoms with van der Waals surface area (Å²) in [5.41, 5.74) is 10.3. The number of likely N-dealkylation sites (tertiary alicyclic amines) is 1. The Morgan fingerprint density at radius 3 is 2.58 bits per heavy atom. The Kier molecular flexibility index (Phi) is 6.17. The molecule has 0 atom stereocenters. The van der Waals surface area contributed by atoms with Crippen molar-refractivity contribution in [1.82, 2.24) is 29.4 Å². The lowest BCUT2D eigenvalue weighted by atomic mass is 10.0. The summed E-state index contributed by atoms with van der Waals surface area (Å²) in [7, 11) is 0. The summed E-state index contributed by atoms with van der Waals surface area (Å²) in [6.45, 7) is 6.85. The van der Waals surface area contributed by atoms with E-state index >= 15 is 0 Å². The number of aryl methyl sites for hydroxylation is 1. The second-order valence-electron chi connectivity index (χ2n) is 8.31. The zero-order valence-corrected chi connectivity index (χ0v) is 18.9. The van der Waals surface area contributed by atoms with Gasteiger partial charge in [0, 0.05) is 36.6 Å². The van der Waals surface area contributed by atoms with Crippen LogP contribution in [0.15, 0.2) is 48.9 Å². The van der Waals surface area contributed by atoms with Gasteiger partial charge >= 0.3 is 0 Å². The number of hydrogen-bond acceptors (Lipinski definition) is 7. The number of benzene rings is 1. The Bertz CT molecular complexity index is 1230. The van der Waals surface area contributed by atoms with E-state index in [1.165, 1.54) is 32.4 Å². The van der Waals surface area contributed by atoms with Crippen LogP contribution in [-0.2, 0) is 6.54 Å². The van der Waals surface area contributed by atoms with Gasteiger partial charge in [-0.2, -0.15) is 4.98 Å². The van der Waals surface area contributed by atoms with Gasteiger partial charge in [-0.05, 0) is 56.6 Å². The summed E-state index contributed by atoms with van der Waals surface area (Å²) in [4.78, 5) is 20.2. The van der Waals surface area contributed by atoms with Crippen molar-refractivity contribution in [3.05, 3.63) is 48.9 Å². The molecule has 0 bridgehead atoms. The average molecular weight is 444 g/mol. The summed E-state index contributed by atoms with van der Waals surface area (Å²) >= 11 is 0. The third-order valence-electron chi connectivity index (χ3n) is 6.17. The number of imidazole rings is 1. The fourth-order valence-corrected chi connectivity index (χ4v) is 4.46. The fraction of sp³-hybridized carbons (Fsp3) is 0.360. The SMILES string of the molecule is CCn1c(-c2ccncc2-c2ccc(OCCN3CCCCC3)cc2)nc2cnc(N)nc21. The quantitative estimate of drug-likeness (QED) is 0.461. The smallest absolute Gasteiger partial charge is 0.222 e. The van der Waals surface area contributed by atoms with Gasteiger partial charge in [0.2, 0.25) is 5.95 Å². The van der Waals surface area contributed by atoms with Crippen LogP contribution < -0.4 is 10.5 Å².